The second kappa shape index (κ2) is 7.69. The zero-order valence-corrected chi connectivity index (χ0v) is 13.1. The monoisotopic (exact) mass is 353 g/mol. The van der Waals surface area contributed by atoms with Crippen molar-refractivity contribution in [2.24, 2.45) is 0 Å². The standard InChI is InChI=1S/C17H14F3NO4/c1-24-14-7-2-11(9-22)8-15(14)25-10-16(23)21-13-5-3-12(4-6-13)17(18,19)20/h2-9H,10H2,1H3,(H,21,23). The van der Waals surface area contributed by atoms with Crippen molar-refractivity contribution in [1.82, 2.24) is 0 Å². The van der Waals surface area contributed by atoms with E-state index in [0.717, 1.165) is 24.3 Å². The molecule has 0 spiro atoms. The molecule has 0 radical (unpaired) electrons. The molecule has 1 N–H and O–H groups in total. The van der Waals surface area contributed by atoms with Crippen molar-refractivity contribution in [2.45, 2.75) is 6.18 Å². The number of rotatable bonds is 6. The molecular formula is C17H14F3NO4. The van der Waals surface area contributed by atoms with Crippen LogP contribution in [0.15, 0.2) is 42.5 Å². The van der Waals surface area contributed by atoms with Gasteiger partial charge in [0.2, 0.25) is 0 Å². The maximum atomic E-state index is 12.5. The molecule has 5 nitrogen and oxygen atoms in total. The molecule has 132 valence electrons. The van der Waals surface area contributed by atoms with Crippen molar-refractivity contribution in [3.63, 3.8) is 0 Å². The molecule has 0 aromatic heterocycles. The second-order valence-electron chi connectivity index (χ2n) is 4.94. The number of anilines is 1. The zero-order valence-electron chi connectivity index (χ0n) is 13.1. The summed E-state index contributed by atoms with van der Waals surface area (Å²) in [6.07, 6.45) is -3.82. The van der Waals surface area contributed by atoms with Gasteiger partial charge in [-0.15, -0.1) is 0 Å². The minimum Gasteiger partial charge on any atom is -0.493 e. The summed E-state index contributed by atoms with van der Waals surface area (Å²) in [5.74, 6) is -0.0269. The fourth-order valence-electron chi connectivity index (χ4n) is 1.96. The molecule has 8 heteroatoms. The van der Waals surface area contributed by atoms with E-state index >= 15 is 0 Å². The Labute approximate surface area is 141 Å². The average molecular weight is 353 g/mol. The number of ether oxygens (including phenoxy) is 2. The summed E-state index contributed by atoms with van der Waals surface area (Å²) in [7, 11) is 1.41. The Hall–Kier alpha value is -3.03. The number of aldehydes is 1. The van der Waals surface area contributed by atoms with E-state index in [4.69, 9.17) is 9.47 Å². The topological polar surface area (TPSA) is 64.6 Å². The Morgan fingerprint density at radius 2 is 1.80 bits per heavy atom. The number of benzene rings is 2. The summed E-state index contributed by atoms with van der Waals surface area (Å²) >= 11 is 0. The highest BCUT2D eigenvalue weighted by atomic mass is 19.4. The van der Waals surface area contributed by atoms with Crippen LogP contribution in [0.5, 0.6) is 11.5 Å². The van der Waals surface area contributed by atoms with Gasteiger partial charge in [0.1, 0.15) is 6.29 Å². The van der Waals surface area contributed by atoms with Crippen molar-refractivity contribution < 1.29 is 32.2 Å². The number of carbonyl (C=O) groups is 2. The predicted molar refractivity (Wildman–Crippen MR) is 84.0 cm³/mol. The molecule has 0 aliphatic heterocycles. The van der Waals surface area contributed by atoms with E-state index in [0.29, 0.717) is 17.6 Å². The Kier molecular flexibility index (Phi) is 5.63. The van der Waals surface area contributed by atoms with Crippen LogP contribution in [0.4, 0.5) is 18.9 Å². The van der Waals surface area contributed by atoms with Crippen molar-refractivity contribution in [3.05, 3.63) is 53.6 Å². The van der Waals surface area contributed by atoms with E-state index in [2.05, 4.69) is 5.32 Å². The number of methoxy groups -OCH3 is 1. The van der Waals surface area contributed by atoms with Gasteiger partial charge in [-0.2, -0.15) is 13.2 Å². The number of halogens is 3. The molecule has 0 atom stereocenters. The maximum absolute atomic E-state index is 12.5. The van der Waals surface area contributed by atoms with Crippen LogP contribution in [0.1, 0.15) is 15.9 Å². The highest BCUT2D eigenvalue weighted by Crippen LogP contribution is 2.30. The van der Waals surface area contributed by atoms with Crippen molar-refractivity contribution in [1.29, 1.82) is 0 Å². The Morgan fingerprint density at radius 3 is 2.36 bits per heavy atom. The Balaban J connectivity index is 1.98. The van der Waals surface area contributed by atoms with Gasteiger partial charge in [0, 0.05) is 11.3 Å². The van der Waals surface area contributed by atoms with Crippen LogP contribution >= 0.6 is 0 Å². The quantitative estimate of drug-likeness (QED) is 0.807. The molecule has 25 heavy (non-hydrogen) atoms. The fourth-order valence-corrected chi connectivity index (χ4v) is 1.96. The molecule has 0 aliphatic rings. The number of amides is 1. The van der Waals surface area contributed by atoms with Crippen molar-refractivity contribution in [3.8, 4) is 11.5 Å². The number of hydrogen-bond acceptors (Lipinski definition) is 4. The average Bonchev–Trinajstić information content (AvgIpc) is 2.59. The minimum atomic E-state index is -4.44. The summed E-state index contributed by atoms with van der Waals surface area (Å²) in [5, 5.41) is 2.42. The number of hydrogen-bond donors (Lipinski definition) is 1. The smallest absolute Gasteiger partial charge is 0.416 e. The highest BCUT2D eigenvalue weighted by molar-refractivity contribution is 5.92. The summed E-state index contributed by atoms with van der Waals surface area (Å²) in [5.41, 5.74) is -0.258. The summed E-state index contributed by atoms with van der Waals surface area (Å²) in [4.78, 5) is 22.6. The Bertz CT molecular complexity index is 757. The lowest BCUT2D eigenvalue weighted by molar-refractivity contribution is -0.137. The zero-order chi connectivity index (χ0) is 18.4. The highest BCUT2D eigenvalue weighted by Gasteiger charge is 2.29. The van der Waals surface area contributed by atoms with Gasteiger partial charge >= 0.3 is 6.18 Å². The normalized spacial score (nSPS) is 10.9. The van der Waals surface area contributed by atoms with Gasteiger partial charge in [0.05, 0.1) is 12.7 Å². The largest absolute Gasteiger partial charge is 0.493 e. The van der Waals surface area contributed by atoms with Gasteiger partial charge < -0.3 is 14.8 Å². The van der Waals surface area contributed by atoms with Crippen LogP contribution in [-0.2, 0) is 11.0 Å². The molecule has 0 saturated heterocycles. The molecule has 0 saturated carbocycles. The van der Waals surface area contributed by atoms with Gasteiger partial charge in [-0.25, -0.2) is 0 Å². The van der Waals surface area contributed by atoms with Crippen molar-refractivity contribution >= 4 is 17.9 Å². The third kappa shape index (κ3) is 4.97. The molecule has 2 rings (SSSR count). The van der Waals surface area contributed by atoms with E-state index in [1.807, 2.05) is 0 Å². The van der Waals surface area contributed by atoms with E-state index < -0.39 is 24.3 Å². The number of alkyl halides is 3. The van der Waals surface area contributed by atoms with E-state index in [9.17, 15) is 22.8 Å². The SMILES string of the molecule is COc1ccc(C=O)cc1OCC(=O)Nc1ccc(C(F)(F)F)cc1. The second-order valence-corrected chi connectivity index (χ2v) is 4.94. The van der Waals surface area contributed by atoms with Crippen LogP contribution in [0, 0.1) is 0 Å². The van der Waals surface area contributed by atoms with Crippen molar-refractivity contribution in [2.75, 3.05) is 19.0 Å². The molecule has 0 aliphatic carbocycles. The molecule has 0 fully saturated rings. The Morgan fingerprint density at radius 1 is 1.12 bits per heavy atom. The molecule has 1 amide bonds. The van der Waals surface area contributed by atoms with Gasteiger partial charge in [-0.3, -0.25) is 9.59 Å². The van der Waals surface area contributed by atoms with Gasteiger partial charge in [-0.05, 0) is 42.5 Å². The summed E-state index contributed by atoms with van der Waals surface area (Å²) in [6, 6.07) is 8.49. The lowest BCUT2D eigenvalue weighted by Gasteiger charge is -2.12. The summed E-state index contributed by atoms with van der Waals surface area (Å²) < 4.78 is 47.8. The van der Waals surface area contributed by atoms with Gasteiger partial charge in [0.15, 0.2) is 18.1 Å². The molecule has 0 unspecified atom stereocenters. The minimum absolute atomic E-state index is 0.203. The molecule has 0 bridgehead atoms. The first-order chi connectivity index (χ1) is 11.8. The van der Waals surface area contributed by atoms with Gasteiger partial charge in [-0.1, -0.05) is 0 Å². The molecular weight excluding hydrogens is 339 g/mol. The molecule has 2 aromatic rings. The third-order valence-corrected chi connectivity index (χ3v) is 3.18. The van der Waals surface area contributed by atoms with E-state index in [1.54, 1.807) is 0 Å². The van der Waals surface area contributed by atoms with Crippen LogP contribution < -0.4 is 14.8 Å². The summed E-state index contributed by atoms with van der Waals surface area (Å²) in [6.45, 7) is -0.403. The van der Waals surface area contributed by atoms with Gasteiger partial charge in [0.25, 0.3) is 5.91 Å². The first-order valence-electron chi connectivity index (χ1n) is 7.06. The number of nitrogens with one attached hydrogen (secondary N) is 1. The van der Waals surface area contributed by atoms with Crippen LogP contribution in [0.3, 0.4) is 0 Å². The van der Waals surface area contributed by atoms with E-state index in [1.165, 1.54) is 25.3 Å². The molecule has 0 heterocycles. The lowest BCUT2D eigenvalue weighted by Crippen LogP contribution is -2.20. The van der Waals surface area contributed by atoms with Crippen LogP contribution in [-0.4, -0.2) is 25.9 Å². The fraction of sp³-hybridized carbons (Fsp3) is 0.176. The first-order valence-corrected chi connectivity index (χ1v) is 7.06. The van der Waals surface area contributed by atoms with Crippen LogP contribution in [0.25, 0.3) is 0 Å². The van der Waals surface area contributed by atoms with E-state index in [-0.39, 0.29) is 11.4 Å². The number of carbonyl (C=O) groups excluding carboxylic acids is 2. The maximum Gasteiger partial charge on any atom is 0.416 e. The lowest BCUT2D eigenvalue weighted by atomic mass is 10.2. The predicted octanol–water partition coefficient (Wildman–Crippen LogP) is 3.54. The third-order valence-electron chi connectivity index (χ3n) is 3.18. The first kappa shape index (κ1) is 18.3. The molecule has 2 aromatic carbocycles. The van der Waals surface area contributed by atoms with Crippen LogP contribution in [0.2, 0.25) is 0 Å².